The van der Waals surface area contributed by atoms with Gasteiger partial charge in [-0.15, -0.1) is 10.2 Å². The quantitative estimate of drug-likeness (QED) is 0.854. The molecule has 74 valence electrons. The van der Waals surface area contributed by atoms with Crippen LogP contribution in [0.4, 0.5) is 13.9 Å². The lowest BCUT2D eigenvalue weighted by atomic mass is 10.7. The molecule has 2 aromatic rings. The van der Waals surface area contributed by atoms with E-state index in [0.717, 1.165) is 11.3 Å². The normalized spacial score (nSPS) is 10.8. The first-order chi connectivity index (χ1) is 6.75. The molecule has 1 N–H and O–H groups in total. The smallest absolute Gasteiger partial charge is 0.269 e. The number of rotatable bonds is 3. The van der Waals surface area contributed by atoms with Crippen LogP contribution in [-0.2, 0) is 0 Å². The van der Waals surface area contributed by atoms with E-state index in [9.17, 15) is 8.78 Å². The molecule has 0 aliphatic rings. The highest BCUT2D eigenvalue weighted by Gasteiger charge is 2.13. The fourth-order valence-electron chi connectivity index (χ4n) is 0.887. The summed E-state index contributed by atoms with van der Waals surface area (Å²) in [6.07, 6.45) is 0.917. The van der Waals surface area contributed by atoms with Crippen molar-refractivity contribution in [3.8, 4) is 0 Å². The van der Waals surface area contributed by atoms with Crippen LogP contribution in [0, 0.1) is 0 Å². The maximum absolute atomic E-state index is 12.1. The van der Waals surface area contributed by atoms with Crippen molar-refractivity contribution < 1.29 is 8.78 Å². The molecule has 0 fully saturated rings. The Balaban J connectivity index is 2.11. The average Bonchev–Trinajstić information content (AvgIpc) is 2.75. The predicted molar refractivity (Wildman–Crippen MR) is 48.3 cm³/mol. The van der Waals surface area contributed by atoms with Gasteiger partial charge in [-0.25, -0.2) is 8.78 Å². The Morgan fingerprint density at radius 1 is 1.29 bits per heavy atom. The molecule has 0 aliphatic carbocycles. The van der Waals surface area contributed by atoms with Crippen molar-refractivity contribution in [1.82, 2.24) is 14.9 Å². The van der Waals surface area contributed by atoms with Crippen LogP contribution in [0.15, 0.2) is 24.5 Å². The summed E-state index contributed by atoms with van der Waals surface area (Å²) in [5.74, 6) is 0. The molecule has 0 saturated carbocycles. The second-order valence-electron chi connectivity index (χ2n) is 2.45. The van der Waals surface area contributed by atoms with E-state index in [1.54, 1.807) is 17.1 Å². The molecule has 14 heavy (non-hydrogen) atoms. The van der Waals surface area contributed by atoms with Crippen LogP contribution < -0.4 is 5.43 Å². The van der Waals surface area contributed by atoms with Gasteiger partial charge in [-0.1, -0.05) is 11.3 Å². The Labute approximate surface area is 82.2 Å². The summed E-state index contributed by atoms with van der Waals surface area (Å²) in [7, 11) is 0. The number of hydrogen-bond acceptors (Lipinski definition) is 4. The summed E-state index contributed by atoms with van der Waals surface area (Å²) in [4.78, 5) is 0. The fraction of sp³-hybridized carbons (Fsp3) is 0.143. The highest BCUT2D eigenvalue weighted by molar-refractivity contribution is 7.15. The van der Waals surface area contributed by atoms with Crippen LogP contribution in [0.2, 0.25) is 0 Å². The van der Waals surface area contributed by atoms with Gasteiger partial charge in [-0.2, -0.15) is 0 Å². The molecule has 0 aromatic carbocycles. The third-order valence-corrected chi connectivity index (χ3v) is 2.29. The number of anilines is 1. The fourth-order valence-corrected chi connectivity index (χ4v) is 1.49. The Hall–Kier alpha value is -1.50. The number of nitrogens with one attached hydrogen (secondary N) is 1. The second-order valence-corrected chi connectivity index (χ2v) is 3.46. The topological polar surface area (TPSA) is 42.7 Å². The van der Waals surface area contributed by atoms with Gasteiger partial charge in [-0.05, 0) is 12.1 Å². The van der Waals surface area contributed by atoms with Gasteiger partial charge in [0.25, 0.3) is 6.43 Å². The summed E-state index contributed by atoms with van der Waals surface area (Å²) in [6, 6.07) is 3.62. The Kier molecular flexibility index (Phi) is 2.40. The maximum atomic E-state index is 12.1. The van der Waals surface area contributed by atoms with Crippen LogP contribution in [0.3, 0.4) is 0 Å². The lowest BCUT2D eigenvalue weighted by Gasteiger charge is -2.00. The van der Waals surface area contributed by atoms with Crippen molar-refractivity contribution in [3.63, 3.8) is 0 Å². The molecule has 2 heterocycles. The predicted octanol–water partition coefficient (Wildman–Crippen LogP) is 2.15. The summed E-state index contributed by atoms with van der Waals surface area (Å²) >= 11 is 0.835. The van der Waals surface area contributed by atoms with E-state index in [2.05, 4.69) is 15.6 Å². The van der Waals surface area contributed by atoms with Gasteiger partial charge >= 0.3 is 0 Å². The summed E-state index contributed by atoms with van der Waals surface area (Å²) in [5.41, 5.74) is 2.79. The summed E-state index contributed by atoms with van der Waals surface area (Å²) < 4.78 is 25.9. The van der Waals surface area contributed by atoms with Crippen molar-refractivity contribution in [2.75, 3.05) is 5.43 Å². The largest absolute Gasteiger partial charge is 0.291 e. The summed E-state index contributed by atoms with van der Waals surface area (Å²) in [6.45, 7) is 0. The SMILES string of the molecule is FC(F)c1nnc(Nn2cccc2)s1. The van der Waals surface area contributed by atoms with Gasteiger partial charge in [0.1, 0.15) is 0 Å². The van der Waals surface area contributed by atoms with E-state index < -0.39 is 6.43 Å². The molecule has 0 unspecified atom stereocenters. The molecule has 0 atom stereocenters. The first kappa shape index (κ1) is 9.07. The highest BCUT2D eigenvalue weighted by Crippen LogP contribution is 2.24. The zero-order chi connectivity index (χ0) is 9.97. The lowest BCUT2D eigenvalue weighted by molar-refractivity contribution is 0.150. The minimum Gasteiger partial charge on any atom is -0.269 e. The third-order valence-electron chi connectivity index (χ3n) is 1.46. The number of hydrogen-bond donors (Lipinski definition) is 1. The molecule has 2 rings (SSSR count). The van der Waals surface area contributed by atoms with Gasteiger partial charge in [0.2, 0.25) is 5.13 Å². The molecule has 2 aromatic heterocycles. The lowest BCUT2D eigenvalue weighted by Crippen LogP contribution is -2.04. The van der Waals surface area contributed by atoms with Crippen LogP contribution in [0.25, 0.3) is 0 Å². The van der Waals surface area contributed by atoms with Gasteiger partial charge in [0.15, 0.2) is 5.01 Å². The molecule has 0 saturated heterocycles. The van der Waals surface area contributed by atoms with E-state index >= 15 is 0 Å². The van der Waals surface area contributed by atoms with Gasteiger partial charge in [0.05, 0.1) is 0 Å². The van der Waals surface area contributed by atoms with Crippen molar-refractivity contribution in [1.29, 1.82) is 0 Å². The van der Waals surface area contributed by atoms with E-state index in [1.807, 2.05) is 12.1 Å². The zero-order valence-corrected chi connectivity index (χ0v) is 7.71. The molecule has 4 nitrogen and oxygen atoms in total. The van der Waals surface area contributed by atoms with Gasteiger partial charge in [0, 0.05) is 12.4 Å². The third kappa shape index (κ3) is 1.87. The van der Waals surface area contributed by atoms with Gasteiger partial charge < -0.3 is 0 Å². The van der Waals surface area contributed by atoms with Crippen LogP contribution in [-0.4, -0.2) is 14.9 Å². The number of aromatic nitrogens is 3. The maximum Gasteiger partial charge on any atom is 0.291 e. The monoisotopic (exact) mass is 216 g/mol. The highest BCUT2D eigenvalue weighted by atomic mass is 32.1. The minimum absolute atomic E-state index is 0.278. The molecule has 0 bridgehead atoms. The number of halogens is 2. The van der Waals surface area contributed by atoms with Gasteiger partial charge in [-0.3, -0.25) is 10.1 Å². The molecule has 0 aliphatic heterocycles. The van der Waals surface area contributed by atoms with Crippen LogP contribution in [0.1, 0.15) is 11.4 Å². The van der Waals surface area contributed by atoms with Crippen LogP contribution in [0.5, 0.6) is 0 Å². The Morgan fingerprint density at radius 2 is 2.00 bits per heavy atom. The zero-order valence-electron chi connectivity index (χ0n) is 6.89. The van der Waals surface area contributed by atoms with E-state index in [1.165, 1.54) is 0 Å². The average molecular weight is 216 g/mol. The van der Waals surface area contributed by atoms with E-state index in [4.69, 9.17) is 0 Å². The van der Waals surface area contributed by atoms with Crippen molar-refractivity contribution in [2.45, 2.75) is 6.43 Å². The first-order valence-corrected chi connectivity index (χ1v) is 4.59. The van der Waals surface area contributed by atoms with E-state index in [-0.39, 0.29) is 5.01 Å². The molecule has 0 spiro atoms. The number of alkyl halides is 2. The Bertz CT molecular complexity index is 397. The summed E-state index contributed by atoms with van der Waals surface area (Å²) in [5, 5.41) is 6.97. The van der Waals surface area contributed by atoms with Crippen molar-refractivity contribution >= 4 is 16.5 Å². The Morgan fingerprint density at radius 3 is 2.57 bits per heavy atom. The van der Waals surface area contributed by atoms with E-state index in [0.29, 0.717) is 5.13 Å². The van der Waals surface area contributed by atoms with Crippen molar-refractivity contribution in [3.05, 3.63) is 29.5 Å². The molecule has 7 heteroatoms. The number of nitrogens with zero attached hydrogens (tertiary/aromatic N) is 3. The van der Waals surface area contributed by atoms with Crippen LogP contribution >= 0.6 is 11.3 Å². The first-order valence-electron chi connectivity index (χ1n) is 3.77. The minimum atomic E-state index is -2.56. The molecule has 0 amide bonds. The molecule has 0 radical (unpaired) electrons. The molecular formula is C7H6F2N4S. The standard InChI is InChI=1S/C7H6F2N4S/c8-5(9)6-10-11-7(14-6)12-13-3-1-2-4-13/h1-5H,(H,11,12). The second kappa shape index (κ2) is 3.70. The van der Waals surface area contributed by atoms with Crippen molar-refractivity contribution in [2.24, 2.45) is 0 Å². The molecular weight excluding hydrogens is 210 g/mol.